The van der Waals surface area contributed by atoms with E-state index in [1.165, 1.54) is 0 Å². The normalized spacial score (nSPS) is 15.6. The summed E-state index contributed by atoms with van der Waals surface area (Å²) in [5.41, 5.74) is 5.26. The Balaban J connectivity index is 3.40. The van der Waals surface area contributed by atoms with E-state index in [0.29, 0.717) is 6.42 Å². The van der Waals surface area contributed by atoms with Crippen molar-refractivity contribution in [3.05, 3.63) is 0 Å². The molecule has 0 aromatic heterocycles. The molecular weight excluding hydrogens is 141 g/mol. The van der Waals surface area contributed by atoms with Crippen molar-refractivity contribution in [2.45, 2.75) is 19.4 Å². The Morgan fingerprint density at radius 2 is 2.11 bits per heavy atom. The molecule has 0 rings (SSSR count). The molecule has 0 spiro atoms. The first-order chi connectivity index (χ1) is 3.92. The Morgan fingerprint density at radius 1 is 1.67 bits per heavy atom. The van der Waals surface area contributed by atoms with E-state index in [-0.39, 0.29) is 12.2 Å². The van der Waals surface area contributed by atoms with E-state index in [4.69, 9.17) is 15.5 Å². The van der Waals surface area contributed by atoms with E-state index in [1.807, 2.05) is 0 Å². The van der Waals surface area contributed by atoms with E-state index >= 15 is 0 Å². The van der Waals surface area contributed by atoms with Crippen LogP contribution >= 0.6 is 7.60 Å². The summed E-state index contributed by atoms with van der Waals surface area (Å²) in [4.78, 5) is 16.6. The molecular formula is C4H12NO3P. The lowest BCUT2D eigenvalue weighted by Gasteiger charge is -2.04. The summed E-state index contributed by atoms with van der Waals surface area (Å²) < 4.78 is 10.2. The Bertz CT molecular complexity index is 119. The highest BCUT2D eigenvalue weighted by atomic mass is 31.2. The second-order valence-electron chi connectivity index (χ2n) is 2.15. The summed E-state index contributed by atoms with van der Waals surface area (Å²) in [6.45, 7) is 1.72. The van der Waals surface area contributed by atoms with Crippen LogP contribution in [0, 0.1) is 0 Å². The van der Waals surface area contributed by atoms with Gasteiger partial charge in [-0.15, -0.1) is 0 Å². The minimum absolute atomic E-state index is 0.106. The fourth-order valence-corrected chi connectivity index (χ4v) is 1.12. The standard InChI is InChI=1S/C4H12NO3P/c1-4(5)2-3-9(6,7)8/h4H,2-3,5H2,1H3,(H2,6,7,8)/t4-/m1/s1. The van der Waals surface area contributed by atoms with Crippen molar-refractivity contribution in [3.63, 3.8) is 0 Å². The lowest BCUT2D eigenvalue weighted by Crippen LogP contribution is -2.16. The molecule has 4 nitrogen and oxygen atoms in total. The summed E-state index contributed by atoms with van der Waals surface area (Å²) in [6.07, 6.45) is 0.273. The molecule has 0 radical (unpaired) electrons. The highest BCUT2D eigenvalue weighted by Crippen LogP contribution is 2.34. The van der Waals surface area contributed by atoms with Crippen LogP contribution in [-0.2, 0) is 4.57 Å². The third kappa shape index (κ3) is 8.11. The molecule has 0 amide bonds. The predicted molar refractivity (Wildman–Crippen MR) is 35.2 cm³/mol. The lowest BCUT2D eigenvalue weighted by molar-refractivity contribution is 0.370. The molecule has 9 heavy (non-hydrogen) atoms. The van der Waals surface area contributed by atoms with Gasteiger partial charge in [0.2, 0.25) is 0 Å². The van der Waals surface area contributed by atoms with E-state index in [9.17, 15) is 4.57 Å². The zero-order chi connectivity index (χ0) is 7.49. The van der Waals surface area contributed by atoms with E-state index in [0.717, 1.165) is 0 Å². The maximum atomic E-state index is 10.2. The molecule has 0 bridgehead atoms. The zero-order valence-electron chi connectivity index (χ0n) is 5.32. The molecule has 0 fully saturated rings. The van der Waals surface area contributed by atoms with Gasteiger partial charge in [0, 0.05) is 6.04 Å². The smallest absolute Gasteiger partial charge is 0.325 e. The Kier molecular flexibility index (Phi) is 3.36. The van der Waals surface area contributed by atoms with Crippen LogP contribution in [0.25, 0.3) is 0 Å². The summed E-state index contributed by atoms with van der Waals surface area (Å²) in [6, 6.07) is -0.127. The first kappa shape index (κ1) is 9.11. The van der Waals surface area contributed by atoms with Gasteiger partial charge in [-0.05, 0) is 13.3 Å². The maximum Gasteiger partial charge on any atom is 0.325 e. The third-order valence-corrected chi connectivity index (χ3v) is 1.72. The Hall–Kier alpha value is 0.110. The zero-order valence-corrected chi connectivity index (χ0v) is 6.21. The Labute approximate surface area is 54.2 Å². The van der Waals surface area contributed by atoms with Crippen LogP contribution in [0.2, 0.25) is 0 Å². The van der Waals surface area contributed by atoms with E-state index in [2.05, 4.69) is 0 Å². The molecule has 5 heteroatoms. The molecule has 0 unspecified atom stereocenters. The van der Waals surface area contributed by atoms with Crippen molar-refractivity contribution in [2.75, 3.05) is 6.16 Å². The van der Waals surface area contributed by atoms with Gasteiger partial charge in [0.25, 0.3) is 0 Å². The van der Waals surface area contributed by atoms with Crippen LogP contribution < -0.4 is 5.73 Å². The molecule has 0 heterocycles. The van der Waals surface area contributed by atoms with Crippen molar-refractivity contribution in [2.24, 2.45) is 5.73 Å². The van der Waals surface area contributed by atoms with Crippen molar-refractivity contribution >= 4 is 7.60 Å². The van der Waals surface area contributed by atoms with Gasteiger partial charge >= 0.3 is 7.60 Å². The predicted octanol–water partition coefficient (Wildman–Crippen LogP) is -0.0986. The third-order valence-electron chi connectivity index (χ3n) is 0.876. The Morgan fingerprint density at radius 3 is 2.22 bits per heavy atom. The van der Waals surface area contributed by atoms with Crippen LogP contribution in [0.5, 0.6) is 0 Å². The summed E-state index contributed by atoms with van der Waals surface area (Å²) in [5.74, 6) is 0. The summed E-state index contributed by atoms with van der Waals surface area (Å²) in [7, 11) is -3.80. The molecule has 1 atom stereocenters. The van der Waals surface area contributed by atoms with Crippen LogP contribution in [0.3, 0.4) is 0 Å². The van der Waals surface area contributed by atoms with E-state index < -0.39 is 7.60 Å². The highest BCUT2D eigenvalue weighted by molar-refractivity contribution is 7.51. The van der Waals surface area contributed by atoms with Gasteiger partial charge in [-0.2, -0.15) is 0 Å². The quantitative estimate of drug-likeness (QED) is 0.494. The van der Waals surface area contributed by atoms with E-state index in [1.54, 1.807) is 6.92 Å². The summed E-state index contributed by atoms with van der Waals surface area (Å²) >= 11 is 0. The second-order valence-corrected chi connectivity index (χ2v) is 3.93. The number of hydrogen-bond acceptors (Lipinski definition) is 2. The molecule has 0 aromatic carbocycles. The molecule has 0 aliphatic rings. The number of rotatable bonds is 3. The molecule has 0 saturated carbocycles. The topological polar surface area (TPSA) is 83.6 Å². The van der Waals surface area contributed by atoms with Gasteiger partial charge in [-0.1, -0.05) is 0 Å². The first-order valence-corrected chi connectivity index (χ1v) is 4.52. The minimum Gasteiger partial charge on any atom is -0.328 e. The van der Waals surface area contributed by atoms with Gasteiger partial charge in [0.05, 0.1) is 6.16 Å². The molecule has 0 aliphatic carbocycles. The molecule has 0 aromatic rings. The monoisotopic (exact) mass is 153 g/mol. The van der Waals surface area contributed by atoms with Gasteiger partial charge in [-0.25, -0.2) is 0 Å². The largest absolute Gasteiger partial charge is 0.328 e. The van der Waals surface area contributed by atoms with Gasteiger partial charge in [0.15, 0.2) is 0 Å². The molecule has 56 valence electrons. The first-order valence-electron chi connectivity index (χ1n) is 2.72. The average Bonchev–Trinajstić information content (AvgIpc) is 1.59. The fourth-order valence-electron chi connectivity index (χ4n) is 0.372. The molecule has 0 aliphatic heterocycles. The second kappa shape index (κ2) is 3.32. The van der Waals surface area contributed by atoms with Gasteiger partial charge in [0.1, 0.15) is 0 Å². The van der Waals surface area contributed by atoms with Crippen molar-refractivity contribution in [1.29, 1.82) is 0 Å². The van der Waals surface area contributed by atoms with Crippen LogP contribution in [0.4, 0.5) is 0 Å². The average molecular weight is 153 g/mol. The molecule has 4 N–H and O–H groups in total. The fraction of sp³-hybridized carbons (Fsp3) is 1.00. The maximum absolute atomic E-state index is 10.2. The van der Waals surface area contributed by atoms with Crippen LogP contribution in [0.15, 0.2) is 0 Å². The SMILES string of the molecule is C[C@@H](N)CCP(=O)(O)O. The number of nitrogens with two attached hydrogens (primary N) is 1. The molecule has 0 saturated heterocycles. The lowest BCUT2D eigenvalue weighted by atomic mass is 10.3. The van der Waals surface area contributed by atoms with Crippen LogP contribution in [0.1, 0.15) is 13.3 Å². The summed E-state index contributed by atoms with van der Waals surface area (Å²) in [5, 5.41) is 0. The van der Waals surface area contributed by atoms with Crippen molar-refractivity contribution in [3.8, 4) is 0 Å². The van der Waals surface area contributed by atoms with Gasteiger partial charge in [-0.3, -0.25) is 4.57 Å². The minimum atomic E-state index is -3.80. The van der Waals surface area contributed by atoms with Crippen molar-refractivity contribution in [1.82, 2.24) is 0 Å². The van der Waals surface area contributed by atoms with Gasteiger partial charge < -0.3 is 15.5 Å². The highest BCUT2D eigenvalue weighted by Gasteiger charge is 2.12. The van der Waals surface area contributed by atoms with Crippen LogP contribution in [-0.4, -0.2) is 22.0 Å². The van der Waals surface area contributed by atoms with Crippen molar-refractivity contribution < 1.29 is 14.4 Å². The number of hydrogen-bond donors (Lipinski definition) is 3.